The van der Waals surface area contributed by atoms with Crippen LogP contribution in [-0.4, -0.2) is 41.5 Å². The van der Waals surface area contributed by atoms with Gasteiger partial charge in [0.05, 0.1) is 21.5 Å². The highest BCUT2D eigenvalue weighted by atomic mass is 35.5. The van der Waals surface area contributed by atoms with Crippen molar-refractivity contribution in [2.24, 2.45) is 11.8 Å². The van der Waals surface area contributed by atoms with Crippen LogP contribution in [-0.2, 0) is 24.1 Å². The fourth-order valence-corrected chi connectivity index (χ4v) is 5.76. The molecule has 3 heterocycles. The van der Waals surface area contributed by atoms with Crippen LogP contribution in [0.2, 0.25) is 10.0 Å². The molecule has 38 heavy (non-hydrogen) atoms. The van der Waals surface area contributed by atoms with Gasteiger partial charge in [-0.15, -0.1) is 0 Å². The number of nitrogens with zero attached hydrogens (tertiary/aromatic N) is 2. The third-order valence-corrected chi connectivity index (χ3v) is 7.84. The van der Waals surface area contributed by atoms with Crippen LogP contribution in [0.4, 0.5) is 11.5 Å². The van der Waals surface area contributed by atoms with E-state index in [-0.39, 0.29) is 47.7 Å². The van der Waals surface area contributed by atoms with Crippen molar-refractivity contribution in [3.05, 3.63) is 87.0 Å². The van der Waals surface area contributed by atoms with E-state index in [9.17, 15) is 14.7 Å². The van der Waals surface area contributed by atoms with Gasteiger partial charge >= 0.3 is 5.97 Å². The minimum atomic E-state index is -1.02. The van der Waals surface area contributed by atoms with Gasteiger partial charge in [-0.2, -0.15) is 13.5 Å². The summed E-state index contributed by atoms with van der Waals surface area (Å²) in [5.41, 5.74) is 4.62. The quantitative estimate of drug-likeness (QED) is 0.304. The Balaban J connectivity index is 0.00000336. The summed E-state index contributed by atoms with van der Waals surface area (Å²) in [6.45, 7) is 2.93. The third kappa shape index (κ3) is 6.45. The SMILES string of the molecule is O=C(C[C@@H](Cc1ccc(N2CC(Cc3ccc4c(n3)NCCC4)C2)cc1)C(=O)O)c1c(Cl)cccc1Cl.S. The number of Topliss-reactive ketones (excluding diaryl/α,β-unsaturated/α-hetero) is 1. The summed E-state index contributed by atoms with van der Waals surface area (Å²) in [7, 11) is 0. The Morgan fingerprint density at radius 2 is 1.76 bits per heavy atom. The maximum atomic E-state index is 12.8. The molecule has 0 bridgehead atoms. The number of carboxylic acid groups (broad SMARTS) is 1. The van der Waals surface area contributed by atoms with Crippen LogP contribution in [0.15, 0.2) is 54.6 Å². The molecule has 2 N–H and O–H groups in total. The Labute approximate surface area is 239 Å². The van der Waals surface area contributed by atoms with Gasteiger partial charge in [-0.1, -0.05) is 47.5 Å². The van der Waals surface area contributed by atoms with Gasteiger partial charge < -0.3 is 15.3 Å². The van der Waals surface area contributed by atoms with E-state index in [0.717, 1.165) is 61.7 Å². The van der Waals surface area contributed by atoms with Crippen molar-refractivity contribution >= 4 is 60.0 Å². The van der Waals surface area contributed by atoms with Gasteiger partial charge in [-0.05, 0) is 73.1 Å². The molecule has 1 aromatic heterocycles. The average molecular weight is 573 g/mol. The van der Waals surface area contributed by atoms with E-state index in [1.807, 2.05) is 24.3 Å². The number of benzene rings is 2. The molecule has 6 nitrogen and oxygen atoms in total. The smallest absolute Gasteiger partial charge is 0.307 e. The van der Waals surface area contributed by atoms with Crippen LogP contribution in [0, 0.1) is 11.8 Å². The van der Waals surface area contributed by atoms with Gasteiger partial charge in [0.2, 0.25) is 0 Å². The molecule has 0 amide bonds. The normalized spacial score (nSPS) is 15.5. The van der Waals surface area contributed by atoms with E-state index < -0.39 is 11.9 Å². The van der Waals surface area contributed by atoms with E-state index in [2.05, 4.69) is 22.3 Å². The van der Waals surface area contributed by atoms with Gasteiger partial charge in [0.1, 0.15) is 5.82 Å². The summed E-state index contributed by atoms with van der Waals surface area (Å²) >= 11 is 12.3. The third-order valence-electron chi connectivity index (χ3n) is 7.21. The molecule has 1 saturated heterocycles. The zero-order chi connectivity index (χ0) is 25.9. The number of aromatic nitrogens is 1. The van der Waals surface area contributed by atoms with Crippen LogP contribution in [0.5, 0.6) is 0 Å². The van der Waals surface area contributed by atoms with Crippen LogP contribution in [0.25, 0.3) is 0 Å². The fourth-order valence-electron chi connectivity index (χ4n) is 5.15. The summed E-state index contributed by atoms with van der Waals surface area (Å²) in [4.78, 5) is 31.8. The first-order chi connectivity index (χ1) is 17.9. The van der Waals surface area contributed by atoms with E-state index >= 15 is 0 Å². The topological polar surface area (TPSA) is 82.5 Å². The van der Waals surface area contributed by atoms with Crippen molar-refractivity contribution in [2.45, 2.75) is 32.1 Å². The van der Waals surface area contributed by atoms with E-state index in [1.54, 1.807) is 18.2 Å². The van der Waals surface area contributed by atoms with Crippen molar-refractivity contribution in [1.29, 1.82) is 0 Å². The van der Waals surface area contributed by atoms with Crippen LogP contribution >= 0.6 is 36.7 Å². The largest absolute Gasteiger partial charge is 0.481 e. The fraction of sp³-hybridized carbons (Fsp3) is 0.345. The molecule has 0 spiro atoms. The van der Waals surface area contributed by atoms with Gasteiger partial charge in [0.25, 0.3) is 0 Å². The molecular formula is C29H31Cl2N3O3S. The van der Waals surface area contributed by atoms with Crippen molar-refractivity contribution in [1.82, 2.24) is 4.98 Å². The second kappa shape index (κ2) is 12.4. The first-order valence-electron chi connectivity index (χ1n) is 12.6. The molecule has 0 aliphatic carbocycles. The summed E-state index contributed by atoms with van der Waals surface area (Å²) < 4.78 is 0. The van der Waals surface area contributed by atoms with Crippen LogP contribution in [0.3, 0.4) is 0 Å². The van der Waals surface area contributed by atoms with Gasteiger partial charge in [0, 0.05) is 37.4 Å². The minimum absolute atomic E-state index is 0. The van der Waals surface area contributed by atoms with Crippen molar-refractivity contribution in [2.75, 3.05) is 29.9 Å². The number of hydrogen-bond acceptors (Lipinski definition) is 5. The monoisotopic (exact) mass is 571 g/mol. The molecule has 2 aliphatic rings. The zero-order valence-electron chi connectivity index (χ0n) is 20.9. The highest BCUT2D eigenvalue weighted by Crippen LogP contribution is 2.30. The number of hydrogen-bond donors (Lipinski definition) is 2. The molecular weight excluding hydrogens is 541 g/mol. The lowest BCUT2D eigenvalue weighted by Gasteiger charge is -2.41. The van der Waals surface area contributed by atoms with Crippen molar-refractivity contribution < 1.29 is 14.7 Å². The molecule has 5 rings (SSSR count). The molecule has 2 aromatic carbocycles. The average Bonchev–Trinajstić information content (AvgIpc) is 2.86. The molecule has 0 radical (unpaired) electrons. The number of carboxylic acids is 1. The number of fused-ring (bicyclic) bond motifs is 1. The van der Waals surface area contributed by atoms with E-state index in [1.165, 1.54) is 5.56 Å². The first kappa shape index (κ1) is 28.3. The standard InChI is InChI=1S/C29H29Cl2N3O3.H2S/c30-24-4-1-5-25(31)27(24)26(35)15-21(29(36)37)13-18-6-10-23(11-7-18)34-16-19(17-34)14-22-9-8-20-3-2-12-32-28(20)33-22;/h1,4-11,19,21H,2-3,12-17H2,(H,32,33)(H,36,37);1H2/t21-;/m1./s1. The maximum absolute atomic E-state index is 12.8. The predicted octanol–water partition coefficient (Wildman–Crippen LogP) is 6.05. The number of carbonyl (C=O) groups is 2. The number of ketones is 1. The lowest BCUT2D eigenvalue weighted by atomic mass is 9.91. The van der Waals surface area contributed by atoms with Crippen molar-refractivity contribution in [3.8, 4) is 0 Å². The number of pyridine rings is 1. The minimum Gasteiger partial charge on any atom is -0.481 e. The van der Waals surface area contributed by atoms with Crippen molar-refractivity contribution in [3.63, 3.8) is 0 Å². The summed E-state index contributed by atoms with van der Waals surface area (Å²) in [5, 5.41) is 13.6. The van der Waals surface area contributed by atoms with E-state index in [4.69, 9.17) is 28.2 Å². The molecule has 0 saturated carbocycles. The highest BCUT2D eigenvalue weighted by Gasteiger charge is 2.28. The predicted molar refractivity (Wildman–Crippen MR) is 158 cm³/mol. The number of carbonyl (C=O) groups excluding carboxylic acids is 1. The molecule has 2 aliphatic heterocycles. The van der Waals surface area contributed by atoms with Gasteiger partial charge in [-0.3, -0.25) is 9.59 Å². The number of aryl methyl sites for hydroxylation is 1. The van der Waals surface area contributed by atoms with Crippen LogP contribution in [0.1, 0.15) is 40.0 Å². The maximum Gasteiger partial charge on any atom is 0.307 e. The van der Waals surface area contributed by atoms with Gasteiger partial charge in [-0.25, -0.2) is 4.98 Å². The Bertz CT molecular complexity index is 1290. The second-order valence-electron chi connectivity index (χ2n) is 9.95. The Morgan fingerprint density at radius 3 is 2.45 bits per heavy atom. The number of anilines is 2. The molecule has 9 heteroatoms. The Morgan fingerprint density at radius 1 is 1.05 bits per heavy atom. The number of nitrogens with one attached hydrogen (secondary N) is 1. The number of halogens is 2. The molecule has 1 atom stereocenters. The summed E-state index contributed by atoms with van der Waals surface area (Å²) in [5.74, 6) is -0.634. The number of rotatable bonds is 9. The van der Waals surface area contributed by atoms with E-state index in [0.29, 0.717) is 5.92 Å². The van der Waals surface area contributed by atoms with Crippen LogP contribution < -0.4 is 10.2 Å². The zero-order valence-corrected chi connectivity index (χ0v) is 23.4. The molecule has 1 fully saturated rings. The first-order valence-corrected chi connectivity index (χ1v) is 13.4. The second-order valence-corrected chi connectivity index (χ2v) is 10.8. The summed E-state index contributed by atoms with van der Waals surface area (Å²) in [6, 6.07) is 17.1. The lowest BCUT2D eigenvalue weighted by molar-refractivity contribution is -0.141. The molecule has 3 aromatic rings. The number of aliphatic carboxylic acids is 1. The Hall–Kier alpha value is -2.74. The Kier molecular flexibility index (Phi) is 9.23. The highest BCUT2D eigenvalue weighted by molar-refractivity contribution is 7.59. The molecule has 0 unspecified atom stereocenters. The summed E-state index contributed by atoms with van der Waals surface area (Å²) in [6.07, 6.45) is 3.32. The molecule has 200 valence electrons. The van der Waals surface area contributed by atoms with Gasteiger partial charge in [0.15, 0.2) is 5.78 Å². The lowest BCUT2D eigenvalue weighted by Crippen LogP contribution is -2.47.